The van der Waals surface area contributed by atoms with E-state index in [9.17, 15) is 0 Å². The van der Waals surface area contributed by atoms with Crippen LogP contribution in [-0.4, -0.2) is 42.1 Å². The van der Waals surface area contributed by atoms with Crippen LogP contribution in [0.1, 0.15) is 5.56 Å². The third-order valence-electron chi connectivity index (χ3n) is 3.64. The third kappa shape index (κ3) is 4.46. The number of hydrogen-bond donors (Lipinski definition) is 1. The zero-order valence-corrected chi connectivity index (χ0v) is 14.9. The van der Waals surface area contributed by atoms with E-state index in [1.54, 1.807) is 11.8 Å². The molecule has 3 aromatic rings. The van der Waals surface area contributed by atoms with Gasteiger partial charge in [0.1, 0.15) is 5.82 Å². The van der Waals surface area contributed by atoms with Gasteiger partial charge < -0.3 is 10.2 Å². The molecule has 0 amide bonds. The van der Waals surface area contributed by atoms with Crippen LogP contribution in [0.3, 0.4) is 0 Å². The summed E-state index contributed by atoms with van der Waals surface area (Å²) in [6.45, 7) is 1.82. The number of fused-ring (bicyclic) bond motifs is 1. The molecular formula is C19H22N4S. The Morgan fingerprint density at radius 2 is 1.71 bits per heavy atom. The summed E-state index contributed by atoms with van der Waals surface area (Å²) in [4.78, 5) is 11.6. The molecule has 0 unspecified atom stereocenters. The molecule has 0 aliphatic rings. The van der Waals surface area contributed by atoms with Crippen LogP contribution in [0.2, 0.25) is 0 Å². The smallest absolute Gasteiger partial charge is 0.190 e. The number of nitrogens with zero attached hydrogens (tertiary/aromatic N) is 3. The monoisotopic (exact) mass is 338 g/mol. The maximum Gasteiger partial charge on any atom is 0.190 e. The molecule has 1 aromatic heterocycles. The first-order valence-corrected chi connectivity index (χ1v) is 9.03. The summed E-state index contributed by atoms with van der Waals surface area (Å²) in [5.74, 6) is 1.79. The lowest BCUT2D eigenvalue weighted by Crippen LogP contribution is -2.21. The average molecular weight is 338 g/mol. The minimum absolute atomic E-state index is 0.810. The second-order valence-corrected chi connectivity index (χ2v) is 6.82. The van der Waals surface area contributed by atoms with Gasteiger partial charge in [-0.3, -0.25) is 0 Å². The molecule has 1 heterocycles. The maximum absolute atomic E-state index is 4.74. The van der Waals surface area contributed by atoms with Crippen LogP contribution in [0.25, 0.3) is 10.9 Å². The third-order valence-corrected chi connectivity index (χ3v) is 4.56. The van der Waals surface area contributed by atoms with Crippen LogP contribution in [0.15, 0.2) is 59.8 Å². The van der Waals surface area contributed by atoms with E-state index in [1.165, 1.54) is 5.56 Å². The van der Waals surface area contributed by atoms with E-state index in [0.717, 1.165) is 40.7 Å². The Kier molecular flexibility index (Phi) is 5.67. The van der Waals surface area contributed by atoms with E-state index >= 15 is 0 Å². The quantitative estimate of drug-likeness (QED) is 0.523. The van der Waals surface area contributed by atoms with Gasteiger partial charge in [0.15, 0.2) is 5.16 Å². The normalized spacial score (nSPS) is 11.1. The largest absolute Gasteiger partial charge is 0.368 e. The molecule has 0 spiro atoms. The first kappa shape index (κ1) is 16.7. The minimum Gasteiger partial charge on any atom is -0.368 e. The summed E-state index contributed by atoms with van der Waals surface area (Å²) in [6, 6.07) is 18.6. The molecule has 4 nitrogen and oxygen atoms in total. The predicted molar refractivity (Wildman–Crippen MR) is 103 cm³/mol. The molecule has 2 aromatic carbocycles. The second kappa shape index (κ2) is 8.13. The number of aromatic nitrogens is 2. The number of benzene rings is 2. The minimum atomic E-state index is 0.810. The van der Waals surface area contributed by atoms with Gasteiger partial charge in [0.25, 0.3) is 0 Å². The van der Waals surface area contributed by atoms with Crippen molar-refractivity contribution >= 4 is 28.5 Å². The van der Waals surface area contributed by atoms with Crippen molar-refractivity contribution in [2.45, 2.75) is 10.9 Å². The molecule has 1 N–H and O–H groups in total. The number of para-hydroxylation sites is 1. The molecule has 0 fully saturated rings. The van der Waals surface area contributed by atoms with Crippen molar-refractivity contribution in [3.63, 3.8) is 0 Å². The van der Waals surface area contributed by atoms with Gasteiger partial charge in [0.2, 0.25) is 0 Å². The molecule has 0 atom stereocenters. The van der Waals surface area contributed by atoms with Crippen molar-refractivity contribution in [1.29, 1.82) is 0 Å². The Balaban J connectivity index is 1.80. The number of rotatable bonds is 7. The van der Waals surface area contributed by atoms with Gasteiger partial charge in [-0.15, -0.1) is 0 Å². The SMILES string of the molecule is CN(C)CCNc1nc(SCc2ccccc2)nc2ccccc12. The fourth-order valence-electron chi connectivity index (χ4n) is 2.37. The first-order valence-electron chi connectivity index (χ1n) is 8.04. The molecule has 5 heteroatoms. The van der Waals surface area contributed by atoms with Gasteiger partial charge >= 0.3 is 0 Å². The number of anilines is 1. The topological polar surface area (TPSA) is 41.0 Å². The second-order valence-electron chi connectivity index (χ2n) is 5.88. The standard InChI is InChI=1S/C19H22N4S/c1-23(2)13-12-20-18-16-10-6-7-11-17(16)21-19(22-18)24-14-15-8-4-3-5-9-15/h3-11H,12-14H2,1-2H3,(H,20,21,22). The van der Waals surface area contributed by atoms with Gasteiger partial charge in [-0.25, -0.2) is 9.97 Å². The van der Waals surface area contributed by atoms with Gasteiger partial charge in [0.05, 0.1) is 5.52 Å². The molecule has 0 aliphatic carbocycles. The molecule has 124 valence electrons. The highest BCUT2D eigenvalue weighted by Crippen LogP contribution is 2.26. The van der Waals surface area contributed by atoms with Gasteiger partial charge in [-0.2, -0.15) is 0 Å². The summed E-state index contributed by atoms with van der Waals surface area (Å²) >= 11 is 1.67. The Hall–Kier alpha value is -2.11. The highest BCUT2D eigenvalue weighted by Gasteiger charge is 2.08. The lowest BCUT2D eigenvalue weighted by molar-refractivity contribution is 0.425. The molecule has 0 bridgehead atoms. The molecule has 0 saturated carbocycles. The van der Waals surface area contributed by atoms with E-state index in [-0.39, 0.29) is 0 Å². The molecule has 24 heavy (non-hydrogen) atoms. The van der Waals surface area contributed by atoms with Crippen molar-refractivity contribution in [3.05, 3.63) is 60.2 Å². The van der Waals surface area contributed by atoms with Gasteiger partial charge in [-0.1, -0.05) is 54.2 Å². The molecule has 0 radical (unpaired) electrons. The van der Waals surface area contributed by atoms with Crippen molar-refractivity contribution in [2.75, 3.05) is 32.5 Å². The van der Waals surface area contributed by atoms with Crippen molar-refractivity contribution in [2.24, 2.45) is 0 Å². The van der Waals surface area contributed by atoms with E-state index in [1.807, 2.05) is 24.3 Å². The van der Waals surface area contributed by atoms with Crippen LogP contribution in [0, 0.1) is 0 Å². The molecule has 0 saturated heterocycles. The van der Waals surface area contributed by atoms with E-state index in [0.29, 0.717) is 0 Å². The number of hydrogen-bond acceptors (Lipinski definition) is 5. The van der Waals surface area contributed by atoms with Crippen LogP contribution in [-0.2, 0) is 5.75 Å². The zero-order valence-electron chi connectivity index (χ0n) is 14.1. The lowest BCUT2D eigenvalue weighted by atomic mass is 10.2. The summed E-state index contributed by atoms with van der Waals surface area (Å²) in [5, 5.41) is 5.33. The van der Waals surface area contributed by atoms with Crippen molar-refractivity contribution in [3.8, 4) is 0 Å². The first-order chi connectivity index (χ1) is 11.7. The Labute approximate surface area is 147 Å². The summed E-state index contributed by atoms with van der Waals surface area (Å²) in [5.41, 5.74) is 2.26. The highest BCUT2D eigenvalue weighted by molar-refractivity contribution is 7.98. The fourth-order valence-corrected chi connectivity index (χ4v) is 3.18. The highest BCUT2D eigenvalue weighted by atomic mass is 32.2. The zero-order chi connectivity index (χ0) is 16.8. The lowest BCUT2D eigenvalue weighted by Gasteiger charge is -2.13. The van der Waals surface area contributed by atoms with Crippen LogP contribution >= 0.6 is 11.8 Å². The molecule has 0 aliphatic heterocycles. The van der Waals surface area contributed by atoms with Gasteiger partial charge in [0, 0.05) is 24.2 Å². The van der Waals surface area contributed by atoms with Crippen LogP contribution in [0.4, 0.5) is 5.82 Å². The van der Waals surface area contributed by atoms with Crippen LogP contribution in [0.5, 0.6) is 0 Å². The van der Waals surface area contributed by atoms with E-state index in [2.05, 4.69) is 54.6 Å². The summed E-state index contributed by atoms with van der Waals surface area (Å²) in [6.07, 6.45) is 0. The Bertz CT molecular complexity index is 790. The van der Waals surface area contributed by atoms with Crippen molar-refractivity contribution in [1.82, 2.24) is 14.9 Å². The van der Waals surface area contributed by atoms with Crippen molar-refractivity contribution < 1.29 is 0 Å². The van der Waals surface area contributed by atoms with E-state index < -0.39 is 0 Å². The van der Waals surface area contributed by atoms with E-state index in [4.69, 9.17) is 9.97 Å². The number of nitrogens with one attached hydrogen (secondary N) is 1. The predicted octanol–water partition coefficient (Wildman–Crippen LogP) is 3.90. The molecule has 3 rings (SSSR count). The molecular weight excluding hydrogens is 316 g/mol. The Morgan fingerprint density at radius 3 is 2.50 bits per heavy atom. The summed E-state index contributed by atoms with van der Waals surface area (Å²) < 4.78 is 0. The fraction of sp³-hybridized carbons (Fsp3) is 0.263. The van der Waals surface area contributed by atoms with Crippen LogP contribution < -0.4 is 5.32 Å². The Morgan fingerprint density at radius 1 is 0.958 bits per heavy atom. The summed E-state index contributed by atoms with van der Waals surface area (Å²) in [7, 11) is 4.14. The maximum atomic E-state index is 4.74. The average Bonchev–Trinajstić information content (AvgIpc) is 2.60. The van der Waals surface area contributed by atoms with Gasteiger partial charge in [-0.05, 0) is 31.8 Å². The number of likely N-dealkylation sites (N-methyl/N-ethyl adjacent to an activating group) is 1. The number of thioether (sulfide) groups is 1.